The van der Waals surface area contributed by atoms with Gasteiger partial charge in [-0.1, -0.05) is 467 Å². The zero-order valence-corrected chi connectivity index (χ0v) is 66.7. The van der Waals surface area contributed by atoms with Crippen molar-refractivity contribution in [3.63, 3.8) is 0 Å². The lowest BCUT2D eigenvalue weighted by molar-refractivity contribution is 0.768. The van der Waals surface area contributed by atoms with E-state index in [2.05, 4.69) is 413 Å². The first-order valence-electron chi connectivity index (χ1n) is 41.5. The second-order valence-corrected chi connectivity index (χ2v) is 31.1. The Kier molecular flexibility index (Phi) is 19.4. The van der Waals surface area contributed by atoms with Crippen LogP contribution in [0.5, 0.6) is 0 Å². The SMILES string of the molecule is c1ccc(-c2ccc(-c3ccc(-c4nc(-c5ccccc5)nc(-c5ccc(-c6cccc7c6-c6ccccc6C7(c6ccccc6)c6ccccc6)cc5)n4)cc3)cc2)cc1.c1ccc(-c2ccc(-c3cccc(-c4nc(-c5ccccc5)nc(-c5ccc(-c6cccc7c6-c6ccccc6C7(c6ccccc6)c6ccccc6)cc5)n4)c3)cc2)cc1. The number of hydrogen-bond donors (Lipinski definition) is 0. The molecule has 0 saturated heterocycles. The van der Waals surface area contributed by atoms with Crippen LogP contribution in [-0.2, 0) is 10.8 Å². The lowest BCUT2D eigenvalue weighted by atomic mass is 9.67. The van der Waals surface area contributed by atoms with Crippen LogP contribution in [0.4, 0.5) is 0 Å². The maximum absolute atomic E-state index is 5.14. The Morgan fingerprint density at radius 3 is 0.623 bits per heavy atom. The minimum atomic E-state index is -0.456. The van der Waals surface area contributed by atoms with Gasteiger partial charge in [-0.25, -0.2) is 29.9 Å². The van der Waals surface area contributed by atoms with E-state index in [0.29, 0.717) is 34.9 Å². The standard InChI is InChI=1S/2C58H39N3/c1-5-17-40(18-6-1)41-31-33-42(34-32-41)46-21-15-22-47(39-46)57-60-55(44-19-7-2-8-20-44)59-56(61-57)45-37-35-43(36-38-45)50-28-16-30-53-54(50)51-27-13-14-29-52(51)58(53,48-23-9-3-10-24-48)49-25-11-4-12-26-49;1-5-16-40(17-6-1)41-28-30-42(31-29-41)43-32-36-46(37-33-43)56-59-55(45-18-7-2-8-19-45)60-57(61-56)47-38-34-44(35-39-47)50-25-15-27-53-54(50)51-24-13-14-26-52(51)58(53,48-20-9-3-10-21-48)49-22-11-4-12-23-49/h2*1-39H. The first kappa shape index (κ1) is 73.6. The topological polar surface area (TPSA) is 77.3 Å². The van der Waals surface area contributed by atoms with Gasteiger partial charge in [0.2, 0.25) is 0 Å². The summed E-state index contributed by atoms with van der Waals surface area (Å²) in [7, 11) is 0. The van der Waals surface area contributed by atoms with Crippen LogP contribution in [0.1, 0.15) is 44.5 Å². The molecule has 0 amide bonds. The van der Waals surface area contributed by atoms with Crippen molar-refractivity contribution < 1.29 is 0 Å². The van der Waals surface area contributed by atoms with Crippen LogP contribution in [0.2, 0.25) is 0 Å². The molecule has 0 fully saturated rings. The van der Waals surface area contributed by atoms with Gasteiger partial charge in [0.25, 0.3) is 0 Å². The molecule has 0 saturated carbocycles. The lowest BCUT2D eigenvalue weighted by Crippen LogP contribution is -2.28. The van der Waals surface area contributed by atoms with Crippen molar-refractivity contribution in [2.45, 2.75) is 10.8 Å². The van der Waals surface area contributed by atoms with E-state index in [1.54, 1.807) is 0 Å². The largest absolute Gasteiger partial charge is 0.208 e. The first-order chi connectivity index (χ1) is 60.5. The van der Waals surface area contributed by atoms with Crippen molar-refractivity contribution in [2.24, 2.45) is 0 Å². The summed E-state index contributed by atoms with van der Waals surface area (Å²) in [5.41, 5.74) is 33.9. The number of nitrogens with zero attached hydrogens (tertiary/aromatic N) is 6. The van der Waals surface area contributed by atoms with Crippen LogP contribution in [0, 0.1) is 0 Å². The Morgan fingerprint density at radius 1 is 0.123 bits per heavy atom. The minimum Gasteiger partial charge on any atom is -0.208 e. The number of hydrogen-bond acceptors (Lipinski definition) is 6. The van der Waals surface area contributed by atoms with Crippen LogP contribution in [0.3, 0.4) is 0 Å². The highest BCUT2D eigenvalue weighted by Crippen LogP contribution is 2.60. The highest BCUT2D eigenvalue weighted by molar-refractivity contribution is 5.98. The van der Waals surface area contributed by atoms with Gasteiger partial charge in [0.1, 0.15) is 0 Å². The summed E-state index contributed by atoms with van der Waals surface area (Å²) in [5, 5.41) is 0. The van der Waals surface area contributed by atoms with Crippen molar-refractivity contribution in [1.29, 1.82) is 0 Å². The van der Waals surface area contributed by atoms with Gasteiger partial charge in [-0.2, -0.15) is 0 Å². The summed E-state index contributed by atoms with van der Waals surface area (Å²) in [6.07, 6.45) is 0. The Hall–Kier alpha value is -16.0. The molecule has 0 spiro atoms. The molecule has 6 heteroatoms. The fraction of sp³-hybridized carbons (Fsp3) is 0.0172. The number of rotatable bonds is 16. The van der Waals surface area contributed by atoms with Gasteiger partial charge in [0.15, 0.2) is 34.9 Å². The lowest BCUT2D eigenvalue weighted by Gasteiger charge is -2.34. The van der Waals surface area contributed by atoms with Gasteiger partial charge in [-0.3, -0.25) is 0 Å². The van der Waals surface area contributed by atoms with Crippen LogP contribution >= 0.6 is 0 Å². The van der Waals surface area contributed by atoms with Gasteiger partial charge in [0.05, 0.1) is 10.8 Å². The van der Waals surface area contributed by atoms with E-state index in [4.69, 9.17) is 29.9 Å². The molecule has 0 aliphatic heterocycles. The van der Waals surface area contributed by atoms with Gasteiger partial charge < -0.3 is 0 Å². The fourth-order valence-electron chi connectivity index (χ4n) is 18.4. The Morgan fingerprint density at radius 2 is 0.311 bits per heavy atom. The molecule has 2 aliphatic rings. The molecular weight excluding hydrogens is 1480 g/mol. The van der Waals surface area contributed by atoms with E-state index in [9.17, 15) is 0 Å². The summed E-state index contributed by atoms with van der Waals surface area (Å²) >= 11 is 0. The van der Waals surface area contributed by atoms with Crippen LogP contribution in [-0.4, -0.2) is 29.9 Å². The molecule has 0 unspecified atom stereocenters. The summed E-state index contributed by atoms with van der Waals surface area (Å²) in [6, 6.07) is 168. The van der Waals surface area contributed by atoms with Gasteiger partial charge in [-0.15, -0.1) is 0 Å². The monoisotopic (exact) mass is 1550 g/mol. The van der Waals surface area contributed by atoms with Crippen molar-refractivity contribution >= 4 is 0 Å². The average Bonchev–Trinajstić information content (AvgIpc) is 1.54. The second-order valence-electron chi connectivity index (χ2n) is 31.1. The van der Waals surface area contributed by atoms with E-state index in [-0.39, 0.29) is 0 Å². The maximum Gasteiger partial charge on any atom is 0.164 e. The highest BCUT2D eigenvalue weighted by Gasteiger charge is 2.48. The number of fused-ring (bicyclic) bond motifs is 6. The van der Waals surface area contributed by atoms with E-state index in [1.807, 2.05) is 60.7 Å². The van der Waals surface area contributed by atoms with Crippen LogP contribution < -0.4 is 0 Å². The van der Waals surface area contributed by atoms with Gasteiger partial charge in [-0.05, 0) is 140 Å². The molecule has 572 valence electrons. The minimum absolute atomic E-state index is 0.454. The Labute approximate surface area is 711 Å². The van der Waals surface area contributed by atoms with Crippen molar-refractivity contribution in [2.75, 3.05) is 0 Å². The summed E-state index contributed by atoms with van der Waals surface area (Å²) in [6.45, 7) is 0. The molecule has 6 nitrogen and oxygen atoms in total. The van der Waals surface area contributed by atoms with Crippen LogP contribution in [0.15, 0.2) is 473 Å². The van der Waals surface area contributed by atoms with Crippen LogP contribution in [0.25, 0.3) is 157 Å². The average molecular weight is 1560 g/mol. The smallest absolute Gasteiger partial charge is 0.164 e. The van der Waals surface area contributed by atoms with E-state index < -0.39 is 10.8 Å². The summed E-state index contributed by atoms with van der Waals surface area (Å²) in [4.78, 5) is 30.4. The predicted octanol–water partition coefficient (Wildman–Crippen LogP) is 28.5. The van der Waals surface area contributed by atoms with Crippen molar-refractivity contribution in [3.8, 4) is 157 Å². The molecule has 0 bridgehead atoms. The molecule has 0 radical (unpaired) electrons. The third kappa shape index (κ3) is 13.5. The van der Waals surface area contributed by atoms with E-state index in [0.717, 1.165) is 66.8 Å². The summed E-state index contributed by atoms with van der Waals surface area (Å²) in [5.74, 6) is 3.80. The molecule has 2 heterocycles. The van der Waals surface area contributed by atoms with Crippen molar-refractivity contribution in [1.82, 2.24) is 29.9 Å². The van der Waals surface area contributed by atoms with E-state index >= 15 is 0 Å². The Balaban J connectivity index is 0.000000150. The molecule has 2 aliphatic carbocycles. The number of benzene rings is 18. The van der Waals surface area contributed by atoms with E-state index in [1.165, 1.54) is 100 Å². The molecule has 0 atom stereocenters. The quantitative estimate of drug-likeness (QED) is 0.0959. The predicted molar refractivity (Wildman–Crippen MR) is 499 cm³/mol. The molecule has 2 aromatic heterocycles. The Bertz CT molecular complexity index is 7060. The molecule has 122 heavy (non-hydrogen) atoms. The third-order valence-corrected chi connectivity index (χ3v) is 24.1. The second kappa shape index (κ2) is 32.1. The highest BCUT2D eigenvalue weighted by atomic mass is 15.0. The molecule has 20 aromatic rings. The number of aromatic nitrogens is 6. The third-order valence-electron chi connectivity index (χ3n) is 24.1. The first-order valence-corrected chi connectivity index (χ1v) is 41.5. The fourth-order valence-corrected chi connectivity index (χ4v) is 18.4. The normalized spacial score (nSPS) is 12.4. The molecule has 18 aromatic carbocycles. The zero-order valence-electron chi connectivity index (χ0n) is 66.7. The van der Waals surface area contributed by atoms with Gasteiger partial charge in [0, 0.05) is 33.4 Å². The molecule has 0 N–H and O–H groups in total. The maximum atomic E-state index is 5.14. The van der Waals surface area contributed by atoms with Crippen molar-refractivity contribution in [3.05, 3.63) is 518 Å². The zero-order chi connectivity index (χ0) is 81.2. The van der Waals surface area contributed by atoms with Gasteiger partial charge >= 0.3 is 0 Å². The molecule has 22 rings (SSSR count). The summed E-state index contributed by atoms with van der Waals surface area (Å²) < 4.78 is 0. The molecular formula is C116H78N6.